The molecule has 47 heavy (non-hydrogen) atoms. The van der Waals surface area contributed by atoms with Crippen molar-refractivity contribution in [3.8, 4) is 0 Å². The summed E-state index contributed by atoms with van der Waals surface area (Å²) < 4.78 is 0. The Morgan fingerprint density at radius 2 is 1.28 bits per heavy atom. The topological polar surface area (TPSA) is 262 Å². The number of carbonyl (C=O) groups excluding carboxylic acids is 5. The summed E-state index contributed by atoms with van der Waals surface area (Å²) in [6.07, 6.45) is 5.53. The SMILES string of the molecule is NCCCC[C@@H]1NC(=O)Cc2ccc(cc2)CNC(=O)CCCNC(=O)[C@@H](N=C(N)N)CCCCNC(=O)[C@H](CCCCN)NC1=O. The minimum atomic E-state index is -0.842. The third kappa shape index (κ3) is 16.2. The van der Waals surface area contributed by atoms with Crippen molar-refractivity contribution in [3.63, 3.8) is 0 Å². The van der Waals surface area contributed by atoms with E-state index < -0.39 is 24.0 Å². The first-order valence-electron chi connectivity index (χ1n) is 16.6. The van der Waals surface area contributed by atoms with E-state index in [2.05, 4.69) is 31.6 Å². The van der Waals surface area contributed by atoms with Gasteiger partial charge in [0.25, 0.3) is 0 Å². The van der Waals surface area contributed by atoms with Crippen molar-refractivity contribution in [2.75, 3.05) is 26.2 Å². The average Bonchev–Trinajstić information content (AvgIpc) is 3.04. The van der Waals surface area contributed by atoms with Gasteiger partial charge < -0.3 is 49.5 Å². The van der Waals surface area contributed by atoms with E-state index in [-0.39, 0.29) is 49.0 Å². The Morgan fingerprint density at radius 3 is 1.91 bits per heavy atom. The van der Waals surface area contributed by atoms with Crippen LogP contribution < -0.4 is 49.5 Å². The van der Waals surface area contributed by atoms with E-state index in [1.165, 1.54) is 0 Å². The van der Waals surface area contributed by atoms with E-state index in [4.69, 9.17) is 22.9 Å². The van der Waals surface area contributed by atoms with Crippen molar-refractivity contribution in [2.45, 2.75) is 102 Å². The first-order valence-corrected chi connectivity index (χ1v) is 16.6. The fraction of sp³-hybridized carbons (Fsp3) is 0.625. The molecular weight excluding hydrogens is 604 g/mol. The second-order valence-electron chi connectivity index (χ2n) is 11.8. The number of aliphatic imine (C=N–C) groups is 1. The highest BCUT2D eigenvalue weighted by Crippen LogP contribution is 2.10. The zero-order chi connectivity index (χ0) is 34.4. The molecular formula is C32H54N10O5. The summed E-state index contributed by atoms with van der Waals surface area (Å²) in [5, 5.41) is 14.2. The van der Waals surface area contributed by atoms with Gasteiger partial charge in [0.1, 0.15) is 18.1 Å². The van der Waals surface area contributed by atoms with Gasteiger partial charge in [0.2, 0.25) is 29.5 Å². The lowest BCUT2D eigenvalue weighted by molar-refractivity contribution is -0.132. The van der Waals surface area contributed by atoms with E-state index in [0.717, 1.165) is 11.1 Å². The van der Waals surface area contributed by atoms with Crippen molar-refractivity contribution in [2.24, 2.45) is 27.9 Å². The Balaban J connectivity index is 2.22. The van der Waals surface area contributed by atoms with Crippen LogP contribution in [0.5, 0.6) is 0 Å². The van der Waals surface area contributed by atoms with E-state index in [9.17, 15) is 24.0 Å². The number of fused-ring (bicyclic) bond motifs is 23. The van der Waals surface area contributed by atoms with E-state index >= 15 is 0 Å². The molecule has 3 rings (SSSR count). The molecule has 0 radical (unpaired) electrons. The number of nitrogens with zero attached hydrogens (tertiary/aromatic N) is 1. The summed E-state index contributed by atoms with van der Waals surface area (Å²) >= 11 is 0. The lowest BCUT2D eigenvalue weighted by Gasteiger charge is -2.23. The highest BCUT2D eigenvalue weighted by Gasteiger charge is 2.26. The van der Waals surface area contributed by atoms with Gasteiger partial charge in [-0.25, -0.2) is 4.99 Å². The zero-order valence-corrected chi connectivity index (χ0v) is 27.4. The molecule has 1 aromatic rings. The van der Waals surface area contributed by atoms with Gasteiger partial charge in [-0.05, 0) is 88.4 Å². The maximum absolute atomic E-state index is 13.4. The second-order valence-corrected chi connectivity index (χ2v) is 11.8. The molecule has 262 valence electrons. The fourth-order valence-corrected chi connectivity index (χ4v) is 5.10. The maximum atomic E-state index is 13.4. The van der Waals surface area contributed by atoms with Crippen LogP contribution in [0.25, 0.3) is 0 Å². The molecule has 0 saturated heterocycles. The third-order valence-electron chi connectivity index (χ3n) is 7.75. The Labute approximate surface area is 277 Å². The number of unbranched alkanes of at least 4 members (excludes halogenated alkanes) is 2. The van der Waals surface area contributed by atoms with Crippen LogP contribution in [0, 0.1) is 0 Å². The van der Waals surface area contributed by atoms with Crippen molar-refractivity contribution < 1.29 is 24.0 Å². The molecule has 0 aromatic heterocycles. The Bertz CT molecular complexity index is 1170. The van der Waals surface area contributed by atoms with Gasteiger partial charge in [0, 0.05) is 26.1 Å². The van der Waals surface area contributed by atoms with Crippen molar-refractivity contribution >= 4 is 35.5 Å². The van der Waals surface area contributed by atoms with Crippen LogP contribution in [0.2, 0.25) is 0 Å². The number of rotatable bonds is 9. The Morgan fingerprint density at radius 1 is 0.681 bits per heavy atom. The molecule has 2 bridgehead atoms. The van der Waals surface area contributed by atoms with Gasteiger partial charge >= 0.3 is 0 Å². The van der Waals surface area contributed by atoms with Crippen LogP contribution in [-0.2, 0) is 36.9 Å². The lowest BCUT2D eigenvalue weighted by Crippen LogP contribution is -2.54. The number of amides is 5. The molecule has 2 heterocycles. The predicted octanol–water partition coefficient (Wildman–Crippen LogP) is -1.09. The third-order valence-corrected chi connectivity index (χ3v) is 7.75. The molecule has 0 fully saturated rings. The molecule has 0 saturated carbocycles. The Hall–Kier alpha value is -4.24. The summed E-state index contributed by atoms with van der Waals surface area (Å²) in [7, 11) is 0. The second kappa shape index (κ2) is 22.3. The van der Waals surface area contributed by atoms with Gasteiger partial charge in [0.05, 0.1) is 6.42 Å². The van der Waals surface area contributed by atoms with Crippen LogP contribution in [0.4, 0.5) is 0 Å². The summed E-state index contributed by atoms with van der Waals surface area (Å²) in [5.41, 5.74) is 24.0. The molecule has 13 N–H and O–H groups in total. The molecule has 0 spiro atoms. The van der Waals surface area contributed by atoms with Crippen LogP contribution in [0.15, 0.2) is 29.3 Å². The molecule has 5 amide bonds. The van der Waals surface area contributed by atoms with Crippen molar-refractivity contribution in [1.29, 1.82) is 0 Å². The molecule has 0 aliphatic carbocycles. The van der Waals surface area contributed by atoms with Crippen LogP contribution in [-0.4, -0.2) is 79.8 Å². The predicted molar refractivity (Wildman–Crippen MR) is 180 cm³/mol. The minimum Gasteiger partial charge on any atom is -0.370 e. The summed E-state index contributed by atoms with van der Waals surface area (Å²) in [6, 6.07) is 4.80. The first-order chi connectivity index (χ1) is 22.6. The van der Waals surface area contributed by atoms with Gasteiger partial charge in [-0.1, -0.05) is 24.3 Å². The van der Waals surface area contributed by atoms with Gasteiger partial charge in [-0.3, -0.25) is 24.0 Å². The molecule has 2 aliphatic heterocycles. The molecule has 15 heteroatoms. The number of benzene rings is 1. The number of nitrogens with two attached hydrogens (primary N) is 4. The van der Waals surface area contributed by atoms with Crippen molar-refractivity contribution in [1.82, 2.24) is 26.6 Å². The molecule has 1 aromatic carbocycles. The normalized spacial score (nSPS) is 21.5. The van der Waals surface area contributed by atoms with Crippen LogP contribution >= 0.6 is 0 Å². The maximum Gasteiger partial charge on any atom is 0.244 e. The number of guanidine groups is 1. The summed E-state index contributed by atoms with van der Waals surface area (Å²) in [6.45, 7) is 1.81. The number of nitrogens with one attached hydrogen (secondary N) is 5. The van der Waals surface area contributed by atoms with Gasteiger partial charge in [-0.15, -0.1) is 0 Å². The zero-order valence-electron chi connectivity index (χ0n) is 27.4. The summed E-state index contributed by atoms with van der Waals surface area (Å²) in [4.78, 5) is 68.8. The number of carbonyl (C=O) groups is 5. The highest BCUT2D eigenvalue weighted by atomic mass is 16.2. The van der Waals surface area contributed by atoms with E-state index in [0.29, 0.717) is 90.4 Å². The first kappa shape index (κ1) is 38.9. The standard InChI is InChI=1S/C32H54N10O5/c33-16-4-1-8-24-29(45)37-18-6-3-10-25(42-32(35)36)30(46)38-19-7-11-27(43)39-21-23-14-12-22(13-15-23)20-28(44)40-26(31(47)41-24)9-2-5-17-34/h12-15,24-26H,1-11,16-21,33-34H2,(H,37,45)(H,38,46)(H,39,43)(H,40,44)(H,41,47)(H4,35,36,42)/t24-,25-,26-/m0/s1. The molecule has 15 nitrogen and oxygen atoms in total. The summed E-state index contributed by atoms with van der Waals surface area (Å²) in [5.74, 6) is -1.82. The van der Waals surface area contributed by atoms with Gasteiger partial charge in [-0.2, -0.15) is 0 Å². The molecule has 3 atom stereocenters. The monoisotopic (exact) mass is 658 g/mol. The highest BCUT2D eigenvalue weighted by molar-refractivity contribution is 5.92. The van der Waals surface area contributed by atoms with Crippen LogP contribution in [0.3, 0.4) is 0 Å². The van der Waals surface area contributed by atoms with E-state index in [1.807, 2.05) is 12.1 Å². The van der Waals surface area contributed by atoms with Gasteiger partial charge in [0.15, 0.2) is 5.96 Å². The van der Waals surface area contributed by atoms with E-state index in [1.54, 1.807) is 12.1 Å². The molecule has 0 unspecified atom stereocenters. The number of hydrogen-bond donors (Lipinski definition) is 9. The quantitative estimate of drug-likeness (QED) is 0.0675. The molecule has 2 aliphatic rings. The van der Waals surface area contributed by atoms with Crippen molar-refractivity contribution in [3.05, 3.63) is 35.4 Å². The lowest BCUT2D eigenvalue weighted by atomic mass is 10.0. The largest absolute Gasteiger partial charge is 0.370 e. The number of hydrogen-bond acceptors (Lipinski definition) is 8. The smallest absolute Gasteiger partial charge is 0.244 e. The van der Waals surface area contributed by atoms with Crippen LogP contribution in [0.1, 0.15) is 81.8 Å². The Kier molecular flexibility index (Phi) is 18.5. The average molecular weight is 659 g/mol. The fourth-order valence-electron chi connectivity index (χ4n) is 5.10. The minimum absolute atomic E-state index is 0.0590.